The highest BCUT2D eigenvalue weighted by atomic mass is 79.9. The number of morpholine rings is 1. The number of rotatable bonds is 1. The van der Waals surface area contributed by atoms with Gasteiger partial charge in [0.05, 0.1) is 19.3 Å². The number of carbonyl (C=O) groups is 1. The van der Waals surface area contributed by atoms with Gasteiger partial charge in [0.1, 0.15) is 0 Å². The maximum absolute atomic E-state index is 12.3. The lowest BCUT2D eigenvalue weighted by Gasteiger charge is -2.33. The predicted molar refractivity (Wildman–Crippen MR) is 69.9 cm³/mol. The van der Waals surface area contributed by atoms with E-state index in [4.69, 9.17) is 10.5 Å². The van der Waals surface area contributed by atoms with Gasteiger partial charge in [-0.1, -0.05) is 0 Å². The quantitative estimate of drug-likeness (QED) is 0.806. The molecule has 1 atom stereocenters. The Morgan fingerprint density at radius 2 is 2.35 bits per heavy atom. The average Bonchev–Trinajstić information content (AvgIpc) is 2.32. The van der Waals surface area contributed by atoms with Crippen LogP contribution in [0, 0.1) is 0 Å². The van der Waals surface area contributed by atoms with Gasteiger partial charge in [-0.05, 0) is 41.1 Å². The van der Waals surface area contributed by atoms with Crippen LogP contribution in [0.1, 0.15) is 17.3 Å². The van der Waals surface area contributed by atoms with Gasteiger partial charge in [0.2, 0.25) is 0 Å². The maximum Gasteiger partial charge on any atom is 0.254 e. The van der Waals surface area contributed by atoms with Gasteiger partial charge in [0.25, 0.3) is 5.91 Å². The van der Waals surface area contributed by atoms with E-state index in [-0.39, 0.29) is 11.9 Å². The number of hydrogen-bond donors (Lipinski definition) is 1. The second kappa shape index (κ2) is 5.06. The van der Waals surface area contributed by atoms with Crippen LogP contribution in [0.2, 0.25) is 0 Å². The monoisotopic (exact) mass is 298 g/mol. The molecule has 1 fully saturated rings. The lowest BCUT2D eigenvalue weighted by atomic mass is 10.1. The summed E-state index contributed by atoms with van der Waals surface area (Å²) >= 11 is 3.33. The normalized spacial score (nSPS) is 20.4. The number of nitrogens with two attached hydrogens (primary N) is 1. The summed E-state index contributed by atoms with van der Waals surface area (Å²) in [6, 6.07) is 5.37. The Labute approximate surface area is 109 Å². The van der Waals surface area contributed by atoms with Crippen LogP contribution in [0.5, 0.6) is 0 Å². The van der Waals surface area contributed by atoms with E-state index in [9.17, 15) is 4.79 Å². The number of halogens is 1. The molecular weight excluding hydrogens is 284 g/mol. The van der Waals surface area contributed by atoms with Crippen molar-refractivity contribution in [1.82, 2.24) is 4.90 Å². The van der Waals surface area contributed by atoms with E-state index in [0.29, 0.717) is 31.0 Å². The van der Waals surface area contributed by atoms with E-state index in [0.717, 1.165) is 4.47 Å². The van der Waals surface area contributed by atoms with Crippen molar-refractivity contribution >= 4 is 27.5 Å². The molecular formula is C12H15BrN2O2. The molecule has 2 rings (SSSR count). The minimum absolute atomic E-state index is 0.0292. The third kappa shape index (κ3) is 2.61. The van der Waals surface area contributed by atoms with Crippen LogP contribution in [0.25, 0.3) is 0 Å². The Kier molecular flexibility index (Phi) is 3.69. The summed E-state index contributed by atoms with van der Waals surface area (Å²) in [7, 11) is 0. The third-order valence-corrected chi connectivity index (χ3v) is 3.56. The number of hydrogen-bond acceptors (Lipinski definition) is 3. The zero-order valence-corrected chi connectivity index (χ0v) is 11.2. The SMILES string of the molecule is C[C@@H]1COCCN1C(=O)c1ccc(N)c(Br)c1. The standard InChI is InChI=1S/C12H15BrN2O2/c1-8-7-17-5-4-15(8)12(16)9-2-3-11(14)10(13)6-9/h2-3,6,8H,4-5,7,14H2,1H3/t8-/m1/s1. The van der Waals surface area contributed by atoms with E-state index in [2.05, 4.69) is 15.9 Å². The first-order valence-corrected chi connectivity index (χ1v) is 6.32. The molecule has 0 spiro atoms. The van der Waals surface area contributed by atoms with Crippen LogP contribution >= 0.6 is 15.9 Å². The summed E-state index contributed by atoms with van der Waals surface area (Å²) in [5.74, 6) is 0.0292. The second-order valence-corrected chi connectivity index (χ2v) is 5.01. The largest absolute Gasteiger partial charge is 0.398 e. The summed E-state index contributed by atoms with van der Waals surface area (Å²) in [5.41, 5.74) is 6.99. The van der Waals surface area contributed by atoms with E-state index < -0.39 is 0 Å². The number of amides is 1. The second-order valence-electron chi connectivity index (χ2n) is 4.16. The summed E-state index contributed by atoms with van der Waals surface area (Å²) in [4.78, 5) is 14.1. The maximum atomic E-state index is 12.3. The van der Waals surface area contributed by atoms with Crippen LogP contribution in [-0.4, -0.2) is 36.6 Å². The first kappa shape index (κ1) is 12.4. The predicted octanol–water partition coefficient (Wildman–Crippen LogP) is 1.89. The van der Waals surface area contributed by atoms with Crippen molar-refractivity contribution < 1.29 is 9.53 Å². The summed E-state index contributed by atoms with van der Waals surface area (Å²) in [6.07, 6.45) is 0. The fourth-order valence-electron chi connectivity index (χ4n) is 1.85. The van der Waals surface area contributed by atoms with Gasteiger partial charge in [-0.25, -0.2) is 0 Å². The van der Waals surface area contributed by atoms with E-state index in [1.54, 1.807) is 18.2 Å². The van der Waals surface area contributed by atoms with E-state index >= 15 is 0 Å². The molecule has 1 aromatic rings. The van der Waals surface area contributed by atoms with Crippen LogP contribution in [0.15, 0.2) is 22.7 Å². The van der Waals surface area contributed by atoms with Crippen molar-refractivity contribution in [3.63, 3.8) is 0 Å². The molecule has 5 heteroatoms. The van der Waals surface area contributed by atoms with E-state index in [1.165, 1.54) is 0 Å². The van der Waals surface area contributed by atoms with Gasteiger partial charge in [0, 0.05) is 22.3 Å². The Morgan fingerprint density at radius 1 is 1.59 bits per heavy atom. The van der Waals surface area contributed by atoms with Gasteiger partial charge >= 0.3 is 0 Å². The highest BCUT2D eigenvalue weighted by Crippen LogP contribution is 2.22. The van der Waals surface area contributed by atoms with E-state index in [1.807, 2.05) is 11.8 Å². The number of anilines is 1. The van der Waals surface area contributed by atoms with Gasteiger partial charge in [-0.2, -0.15) is 0 Å². The lowest BCUT2D eigenvalue weighted by molar-refractivity contribution is 0.00359. The Balaban J connectivity index is 2.21. The summed E-state index contributed by atoms with van der Waals surface area (Å²) in [5, 5.41) is 0. The zero-order chi connectivity index (χ0) is 12.4. The molecule has 0 bridgehead atoms. The molecule has 0 radical (unpaired) electrons. The van der Waals surface area contributed by atoms with Crippen molar-refractivity contribution in [2.45, 2.75) is 13.0 Å². The average molecular weight is 299 g/mol. The summed E-state index contributed by atoms with van der Waals surface area (Å²) < 4.78 is 6.07. The molecule has 4 nitrogen and oxygen atoms in total. The molecule has 0 aliphatic carbocycles. The Hall–Kier alpha value is -1.07. The van der Waals surface area contributed by atoms with Crippen molar-refractivity contribution in [2.75, 3.05) is 25.5 Å². The number of nitrogen functional groups attached to an aromatic ring is 1. The Bertz CT molecular complexity index is 437. The van der Waals surface area contributed by atoms with Crippen LogP contribution < -0.4 is 5.73 Å². The highest BCUT2D eigenvalue weighted by Gasteiger charge is 2.24. The third-order valence-electron chi connectivity index (χ3n) is 2.88. The number of nitrogens with zero attached hydrogens (tertiary/aromatic N) is 1. The van der Waals surface area contributed by atoms with Crippen molar-refractivity contribution in [3.05, 3.63) is 28.2 Å². The lowest BCUT2D eigenvalue weighted by Crippen LogP contribution is -2.47. The molecule has 1 aliphatic heterocycles. The molecule has 1 heterocycles. The molecule has 0 aromatic heterocycles. The smallest absolute Gasteiger partial charge is 0.254 e. The molecule has 1 aliphatic rings. The first-order chi connectivity index (χ1) is 8.09. The molecule has 0 unspecified atom stereocenters. The van der Waals surface area contributed by atoms with Crippen molar-refractivity contribution in [3.8, 4) is 0 Å². The van der Waals surface area contributed by atoms with Crippen LogP contribution in [-0.2, 0) is 4.74 Å². The van der Waals surface area contributed by atoms with Crippen molar-refractivity contribution in [1.29, 1.82) is 0 Å². The molecule has 92 valence electrons. The van der Waals surface area contributed by atoms with Crippen LogP contribution in [0.4, 0.5) is 5.69 Å². The summed E-state index contributed by atoms with van der Waals surface area (Å²) in [6.45, 7) is 3.83. The molecule has 1 saturated heterocycles. The minimum atomic E-state index is 0.0292. The number of ether oxygens (including phenoxy) is 1. The molecule has 2 N–H and O–H groups in total. The highest BCUT2D eigenvalue weighted by molar-refractivity contribution is 9.10. The van der Waals surface area contributed by atoms with Gasteiger partial charge in [-0.3, -0.25) is 4.79 Å². The molecule has 1 aromatic carbocycles. The fraction of sp³-hybridized carbons (Fsp3) is 0.417. The van der Waals surface area contributed by atoms with Gasteiger partial charge in [0.15, 0.2) is 0 Å². The minimum Gasteiger partial charge on any atom is -0.398 e. The fourth-order valence-corrected chi connectivity index (χ4v) is 2.23. The Morgan fingerprint density at radius 3 is 3.00 bits per heavy atom. The number of benzene rings is 1. The zero-order valence-electron chi connectivity index (χ0n) is 9.65. The van der Waals surface area contributed by atoms with Crippen LogP contribution in [0.3, 0.4) is 0 Å². The van der Waals surface area contributed by atoms with Gasteiger partial charge < -0.3 is 15.4 Å². The first-order valence-electron chi connectivity index (χ1n) is 5.53. The topological polar surface area (TPSA) is 55.6 Å². The number of carbonyl (C=O) groups excluding carboxylic acids is 1. The molecule has 1 amide bonds. The molecule has 17 heavy (non-hydrogen) atoms. The molecule has 0 saturated carbocycles. The van der Waals surface area contributed by atoms with Gasteiger partial charge in [-0.15, -0.1) is 0 Å². The van der Waals surface area contributed by atoms with Crippen molar-refractivity contribution in [2.24, 2.45) is 0 Å².